The second-order valence-electron chi connectivity index (χ2n) is 9.48. The molecule has 125 valence electrons. The molecular formula is C17H34FSi4. The predicted octanol–water partition coefficient (Wildman–Crippen LogP) is 5.27. The lowest BCUT2D eigenvalue weighted by Crippen LogP contribution is -2.75. The zero-order chi connectivity index (χ0) is 17.4. The lowest BCUT2D eigenvalue weighted by Gasteiger charge is -2.62. The van der Waals surface area contributed by atoms with Crippen LogP contribution in [0.25, 0.3) is 0 Å². The highest BCUT2D eigenvalue weighted by Gasteiger charge is 2.64. The van der Waals surface area contributed by atoms with E-state index in [4.69, 9.17) is 0 Å². The van der Waals surface area contributed by atoms with Crippen LogP contribution in [0.3, 0.4) is 0 Å². The summed E-state index contributed by atoms with van der Waals surface area (Å²) in [5, 5.41) is 1.32. The molecule has 0 saturated carbocycles. The van der Waals surface area contributed by atoms with Crippen LogP contribution < -0.4 is 5.19 Å². The highest BCUT2D eigenvalue weighted by molar-refractivity contribution is 7.27. The number of benzene rings is 1. The number of hydrogen-bond donors (Lipinski definition) is 0. The van der Waals surface area contributed by atoms with Crippen LogP contribution in [0.5, 0.6) is 0 Å². The smallest absolute Gasteiger partial charge is 0.122 e. The van der Waals surface area contributed by atoms with Crippen LogP contribution in [0.4, 0.5) is 4.39 Å². The third-order valence-electron chi connectivity index (χ3n) is 5.08. The topological polar surface area (TPSA) is 0 Å². The molecule has 1 aromatic carbocycles. The minimum atomic E-state index is -1.55. The Bertz CT molecular complexity index is 444. The molecule has 0 heterocycles. The summed E-state index contributed by atoms with van der Waals surface area (Å²) in [6.07, 6.45) is -0.118. The van der Waals surface area contributed by atoms with Crippen molar-refractivity contribution in [2.45, 2.75) is 62.8 Å². The van der Waals surface area contributed by atoms with Crippen molar-refractivity contribution >= 4 is 38.2 Å². The van der Waals surface area contributed by atoms with E-state index in [0.717, 1.165) is 0 Å². The number of alkyl halides is 1. The summed E-state index contributed by atoms with van der Waals surface area (Å²) in [5.41, 5.74) is 0. The van der Waals surface area contributed by atoms with Crippen LogP contribution in [0, 0.1) is 0 Å². The molecule has 1 radical (unpaired) electrons. The number of halogens is 1. The number of hydrogen-bond acceptors (Lipinski definition) is 0. The van der Waals surface area contributed by atoms with E-state index in [1.807, 2.05) is 0 Å². The molecule has 0 saturated heterocycles. The molecule has 1 aromatic rings. The Labute approximate surface area is 142 Å². The van der Waals surface area contributed by atoms with Gasteiger partial charge in [-0.1, -0.05) is 94.4 Å². The molecule has 0 atom stereocenters. The van der Waals surface area contributed by atoms with Crippen LogP contribution in [-0.4, -0.2) is 39.3 Å². The molecule has 22 heavy (non-hydrogen) atoms. The average Bonchev–Trinajstić information content (AvgIpc) is 2.31. The van der Waals surface area contributed by atoms with Gasteiger partial charge in [0.05, 0.1) is 6.30 Å². The summed E-state index contributed by atoms with van der Waals surface area (Å²) in [4.78, 5) is 0. The molecule has 0 unspecified atom stereocenters. The standard InChI is InChI=1S/C17H34FSi4/c1-20(2,3)17(21(4,5)6,22(7,8)9)19(15-18)16-13-11-10-12-14-16/h10-14H,15H2,1-9H3. The molecule has 0 N–H and O–H groups in total. The summed E-state index contributed by atoms with van der Waals surface area (Å²) in [5.74, 6) is 0. The van der Waals surface area contributed by atoms with Crippen LogP contribution in [-0.2, 0) is 0 Å². The summed E-state index contributed by atoms with van der Waals surface area (Å²) in [6.45, 7) is 22.6. The van der Waals surface area contributed by atoms with Gasteiger partial charge in [0.2, 0.25) is 0 Å². The van der Waals surface area contributed by atoms with E-state index in [0.29, 0.717) is 3.91 Å². The monoisotopic (exact) mass is 369 g/mol. The van der Waals surface area contributed by atoms with E-state index in [-0.39, 0.29) is 6.30 Å². The van der Waals surface area contributed by atoms with E-state index in [9.17, 15) is 4.39 Å². The Balaban J connectivity index is 3.76. The van der Waals surface area contributed by atoms with Gasteiger partial charge in [-0.3, -0.25) is 4.39 Å². The van der Waals surface area contributed by atoms with E-state index < -0.39 is 33.0 Å². The first kappa shape index (κ1) is 20.1. The quantitative estimate of drug-likeness (QED) is 0.599. The van der Waals surface area contributed by atoms with Crippen LogP contribution in [0.15, 0.2) is 30.3 Å². The lowest BCUT2D eigenvalue weighted by molar-refractivity contribution is 0.587. The van der Waals surface area contributed by atoms with Gasteiger partial charge in [-0.25, -0.2) is 0 Å². The molecule has 0 nitrogen and oxygen atoms in total. The fraction of sp³-hybridized carbons (Fsp3) is 0.647. The molecule has 5 heteroatoms. The summed E-state index contributed by atoms with van der Waals surface area (Å²) < 4.78 is 14.9. The van der Waals surface area contributed by atoms with Gasteiger partial charge in [0.1, 0.15) is 8.80 Å². The zero-order valence-electron chi connectivity index (χ0n) is 16.0. The Morgan fingerprint density at radius 2 is 1.14 bits per heavy atom. The molecule has 1 rings (SSSR count). The van der Waals surface area contributed by atoms with Crippen molar-refractivity contribution in [3.8, 4) is 0 Å². The van der Waals surface area contributed by atoms with Crippen molar-refractivity contribution < 1.29 is 4.39 Å². The van der Waals surface area contributed by atoms with Crippen molar-refractivity contribution in [1.29, 1.82) is 0 Å². The molecule has 0 aliphatic carbocycles. The van der Waals surface area contributed by atoms with E-state index in [1.54, 1.807) is 0 Å². The minimum absolute atomic E-state index is 0.118. The molecule has 0 spiro atoms. The number of rotatable bonds is 6. The Hall–Kier alpha value is 0.0175. The summed E-state index contributed by atoms with van der Waals surface area (Å²) in [6, 6.07) is 10.6. The third kappa shape index (κ3) is 3.27. The van der Waals surface area contributed by atoms with Gasteiger partial charge >= 0.3 is 0 Å². The van der Waals surface area contributed by atoms with Crippen molar-refractivity contribution in [1.82, 2.24) is 0 Å². The van der Waals surface area contributed by atoms with Gasteiger partial charge in [0.25, 0.3) is 0 Å². The lowest BCUT2D eigenvalue weighted by atomic mass is 10.4. The Kier molecular flexibility index (Phi) is 5.92. The summed E-state index contributed by atoms with van der Waals surface area (Å²) in [7, 11) is -5.85. The van der Waals surface area contributed by atoms with Crippen LogP contribution in [0.2, 0.25) is 62.8 Å². The minimum Gasteiger partial charge on any atom is -0.255 e. The van der Waals surface area contributed by atoms with E-state index in [1.165, 1.54) is 5.19 Å². The van der Waals surface area contributed by atoms with E-state index in [2.05, 4.69) is 89.3 Å². The third-order valence-corrected chi connectivity index (χ3v) is 37.0. The molecular weight excluding hydrogens is 336 g/mol. The van der Waals surface area contributed by atoms with Gasteiger partial charge in [0.15, 0.2) is 0 Å². The molecule has 0 fully saturated rings. The second-order valence-corrected chi connectivity index (χ2v) is 30.8. The maximum Gasteiger partial charge on any atom is 0.122 e. The maximum atomic E-state index is 14.5. The first-order valence-electron chi connectivity index (χ1n) is 8.28. The van der Waals surface area contributed by atoms with Gasteiger partial charge in [-0.15, -0.1) is 0 Å². The Morgan fingerprint density at radius 1 is 0.773 bits per heavy atom. The highest BCUT2D eigenvalue weighted by atomic mass is 28.5. The first-order chi connectivity index (χ1) is 9.80. The fourth-order valence-corrected chi connectivity index (χ4v) is 46.9. The van der Waals surface area contributed by atoms with Gasteiger partial charge < -0.3 is 0 Å². The van der Waals surface area contributed by atoms with Crippen molar-refractivity contribution in [3.63, 3.8) is 0 Å². The largest absolute Gasteiger partial charge is 0.255 e. The van der Waals surface area contributed by atoms with Crippen molar-refractivity contribution in [3.05, 3.63) is 30.3 Å². The molecule has 0 aliphatic rings. The first-order valence-corrected chi connectivity index (χ1v) is 20.5. The predicted molar refractivity (Wildman–Crippen MR) is 111 cm³/mol. The Morgan fingerprint density at radius 3 is 1.41 bits per heavy atom. The molecule has 0 aliphatic heterocycles. The highest BCUT2D eigenvalue weighted by Crippen LogP contribution is 2.55. The van der Waals surface area contributed by atoms with Crippen molar-refractivity contribution in [2.75, 3.05) is 6.30 Å². The zero-order valence-corrected chi connectivity index (χ0v) is 20.0. The summed E-state index contributed by atoms with van der Waals surface area (Å²) >= 11 is 0. The maximum absolute atomic E-state index is 14.5. The van der Waals surface area contributed by atoms with Crippen molar-refractivity contribution in [2.24, 2.45) is 0 Å². The van der Waals surface area contributed by atoms with Gasteiger partial charge in [0, 0.05) is 24.2 Å². The van der Waals surface area contributed by atoms with Crippen LogP contribution in [0.1, 0.15) is 0 Å². The average molecular weight is 370 g/mol. The normalized spacial score (nSPS) is 14.5. The molecule has 0 aromatic heterocycles. The second kappa shape index (κ2) is 6.49. The van der Waals surface area contributed by atoms with Gasteiger partial charge in [-0.05, 0) is 3.91 Å². The molecule has 0 bridgehead atoms. The van der Waals surface area contributed by atoms with E-state index >= 15 is 0 Å². The molecule has 0 amide bonds. The van der Waals surface area contributed by atoms with Gasteiger partial charge in [-0.2, -0.15) is 0 Å². The fourth-order valence-electron chi connectivity index (χ4n) is 5.77. The SMILES string of the molecule is C[Si](C)(C)C([Si](CF)c1ccccc1)([Si](C)(C)C)[Si](C)(C)C. The van der Waals surface area contributed by atoms with Crippen LogP contribution >= 0.6 is 0 Å².